The Kier molecular flexibility index (Phi) is 6.11. The Morgan fingerprint density at radius 2 is 1.68 bits per heavy atom. The minimum Gasteiger partial charge on any atom is -0.267 e. The molecule has 0 aliphatic rings. The molecule has 0 radical (unpaired) electrons. The first-order valence-corrected chi connectivity index (χ1v) is 10.1. The van der Waals surface area contributed by atoms with Gasteiger partial charge in [-0.05, 0) is 17.7 Å². The van der Waals surface area contributed by atoms with Crippen LogP contribution in [0.15, 0.2) is 82.7 Å². The van der Waals surface area contributed by atoms with Crippen LogP contribution >= 0.6 is 23.2 Å². The lowest BCUT2D eigenvalue weighted by Gasteiger charge is -2.10. The maximum Gasteiger partial charge on any atom is 0.292 e. The Hall–Kier alpha value is -3.48. The van der Waals surface area contributed by atoms with Crippen molar-refractivity contribution in [2.45, 2.75) is 6.54 Å². The van der Waals surface area contributed by atoms with Gasteiger partial charge in [-0.1, -0.05) is 83.9 Å². The first kappa shape index (κ1) is 20.8. The van der Waals surface area contributed by atoms with Crippen molar-refractivity contribution in [1.29, 1.82) is 0 Å². The van der Waals surface area contributed by atoms with Crippen molar-refractivity contribution >= 4 is 46.1 Å². The number of hydrogen-bond donors (Lipinski definition) is 1. The summed E-state index contributed by atoms with van der Waals surface area (Å²) in [5, 5.41) is 9.87. The van der Waals surface area contributed by atoms with Gasteiger partial charge in [0.15, 0.2) is 5.69 Å². The van der Waals surface area contributed by atoms with E-state index < -0.39 is 5.91 Å². The summed E-state index contributed by atoms with van der Waals surface area (Å²) in [6.45, 7) is 0.242. The number of halogens is 2. The monoisotopic (exact) mass is 450 g/mol. The molecule has 3 aromatic carbocycles. The van der Waals surface area contributed by atoms with Crippen molar-refractivity contribution in [3.05, 3.63) is 110 Å². The molecular weight excluding hydrogens is 435 g/mol. The summed E-state index contributed by atoms with van der Waals surface area (Å²) in [5.41, 5.74) is 3.72. The smallest absolute Gasteiger partial charge is 0.267 e. The van der Waals surface area contributed by atoms with E-state index in [1.165, 1.54) is 10.9 Å². The average Bonchev–Trinajstić information content (AvgIpc) is 2.79. The number of fused-ring (bicyclic) bond motifs is 1. The molecule has 0 atom stereocenters. The molecule has 0 spiro atoms. The molecule has 0 bridgehead atoms. The fourth-order valence-electron chi connectivity index (χ4n) is 3.10. The normalized spacial score (nSPS) is 11.2. The Morgan fingerprint density at radius 1 is 0.968 bits per heavy atom. The molecule has 154 valence electrons. The fourth-order valence-corrected chi connectivity index (χ4v) is 3.46. The van der Waals surface area contributed by atoms with Crippen LogP contribution in [0.3, 0.4) is 0 Å². The number of benzene rings is 3. The molecule has 31 heavy (non-hydrogen) atoms. The molecule has 0 unspecified atom stereocenters. The number of nitrogens with zero attached hydrogens (tertiary/aromatic N) is 3. The van der Waals surface area contributed by atoms with Gasteiger partial charge >= 0.3 is 0 Å². The lowest BCUT2D eigenvalue weighted by Crippen LogP contribution is -2.29. The zero-order valence-electron chi connectivity index (χ0n) is 16.1. The molecule has 1 aromatic heterocycles. The highest BCUT2D eigenvalue weighted by Crippen LogP contribution is 2.24. The first-order valence-electron chi connectivity index (χ1n) is 9.36. The van der Waals surface area contributed by atoms with Crippen LogP contribution in [0.25, 0.3) is 10.8 Å². The highest BCUT2D eigenvalue weighted by atomic mass is 35.5. The summed E-state index contributed by atoms with van der Waals surface area (Å²) in [7, 11) is 0. The second-order valence-corrected chi connectivity index (χ2v) is 7.47. The molecule has 0 aliphatic carbocycles. The molecule has 1 N–H and O–H groups in total. The fraction of sp³-hybridized carbons (Fsp3) is 0.0435. The highest BCUT2D eigenvalue weighted by Gasteiger charge is 2.16. The third-order valence-electron chi connectivity index (χ3n) is 4.61. The van der Waals surface area contributed by atoms with Gasteiger partial charge in [0.25, 0.3) is 11.5 Å². The van der Waals surface area contributed by atoms with Crippen LogP contribution in [0.5, 0.6) is 0 Å². The van der Waals surface area contributed by atoms with E-state index in [2.05, 4.69) is 15.6 Å². The zero-order valence-corrected chi connectivity index (χ0v) is 17.6. The summed E-state index contributed by atoms with van der Waals surface area (Å²) < 4.78 is 1.28. The Morgan fingerprint density at radius 3 is 2.45 bits per heavy atom. The second kappa shape index (κ2) is 9.12. The number of nitrogens with one attached hydrogen (secondary N) is 1. The Bertz CT molecular complexity index is 1350. The van der Waals surface area contributed by atoms with Gasteiger partial charge in [-0.15, -0.1) is 0 Å². The lowest BCUT2D eigenvalue weighted by molar-refractivity contribution is 0.0949. The number of amides is 1. The highest BCUT2D eigenvalue weighted by molar-refractivity contribution is 6.43. The predicted molar refractivity (Wildman–Crippen MR) is 123 cm³/mol. The molecular formula is C23H16Cl2N4O2. The number of hydrogen-bond acceptors (Lipinski definition) is 4. The van der Waals surface area contributed by atoms with Crippen molar-refractivity contribution in [3.8, 4) is 0 Å². The topological polar surface area (TPSA) is 76.3 Å². The molecule has 4 aromatic rings. The van der Waals surface area contributed by atoms with Gasteiger partial charge in [0.2, 0.25) is 0 Å². The predicted octanol–water partition coefficient (Wildman–Crippen LogP) is 4.52. The summed E-state index contributed by atoms with van der Waals surface area (Å²) in [5.74, 6) is -0.549. The molecule has 8 heteroatoms. The van der Waals surface area contributed by atoms with Crippen LogP contribution in [-0.2, 0) is 6.54 Å². The maximum atomic E-state index is 12.9. The Labute approximate surface area is 187 Å². The molecule has 0 saturated heterocycles. The van der Waals surface area contributed by atoms with Gasteiger partial charge in [-0.2, -0.15) is 10.2 Å². The molecule has 6 nitrogen and oxygen atoms in total. The number of hydrazone groups is 1. The summed E-state index contributed by atoms with van der Waals surface area (Å²) in [6.07, 6.45) is 1.40. The molecule has 0 aliphatic heterocycles. The maximum absolute atomic E-state index is 12.9. The standard InChI is InChI=1S/C23H16Cl2N4O2/c24-19-12-6-9-16(20(19)25)13-26-27-22(30)21-17-10-4-5-11-18(17)23(31)29(28-21)14-15-7-2-1-3-8-15/h1-13H,14H2,(H,27,30)/b26-13+. The van der Waals surface area contributed by atoms with E-state index in [4.69, 9.17) is 23.2 Å². The number of aromatic nitrogens is 2. The van der Waals surface area contributed by atoms with E-state index in [-0.39, 0.29) is 17.8 Å². The quantitative estimate of drug-likeness (QED) is 0.358. The van der Waals surface area contributed by atoms with E-state index in [0.29, 0.717) is 26.4 Å². The van der Waals surface area contributed by atoms with Gasteiger partial charge in [-0.3, -0.25) is 9.59 Å². The van der Waals surface area contributed by atoms with Crippen LogP contribution in [0.2, 0.25) is 10.0 Å². The molecule has 0 fully saturated rings. The van der Waals surface area contributed by atoms with E-state index >= 15 is 0 Å². The minimum absolute atomic E-state index is 0.0977. The second-order valence-electron chi connectivity index (χ2n) is 6.68. The van der Waals surface area contributed by atoms with E-state index in [9.17, 15) is 9.59 Å². The third kappa shape index (κ3) is 4.50. The average molecular weight is 451 g/mol. The van der Waals surface area contributed by atoms with Crippen molar-refractivity contribution in [1.82, 2.24) is 15.2 Å². The number of carbonyl (C=O) groups is 1. The summed E-state index contributed by atoms with van der Waals surface area (Å²) in [4.78, 5) is 25.7. The Balaban J connectivity index is 1.68. The zero-order chi connectivity index (χ0) is 21.8. The van der Waals surface area contributed by atoms with Crippen molar-refractivity contribution < 1.29 is 4.79 Å². The number of rotatable bonds is 5. The summed E-state index contributed by atoms with van der Waals surface area (Å²) >= 11 is 12.1. The third-order valence-corrected chi connectivity index (χ3v) is 5.44. The lowest BCUT2D eigenvalue weighted by atomic mass is 10.1. The van der Waals surface area contributed by atoms with Crippen LogP contribution in [0, 0.1) is 0 Å². The van der Waals surface area contributed by atoms with Gasteiger partial charge in [-0.25, -0.2) is 10.1 Å². The van der Waals surface area contributed by atoms with E-state index in [0.717, 1.165) is 5.56 Å². The van der Waals surface area contributed by atoms with Gasteiger partial charge in [0.1, 0.15) is 0 Å². The number of carbonyl (C=O) groups excluding carboxylic acids is 1. The molecule has 0 saturated carbocycles. The largest absolute Gasteiger partial charge is 0.292 e. The van der Waals surface area contributed by atoms with Gasteiger partial charge in [0, 0.05) is 10.9 Å². The van der Waals surface area contributed by atoms with Crippen LogP contribution in [-0.4, -0.2) is 21.9 Å². The first-order chi connectivity index (χ1) is 15.0. The summed E-state index contributed by atoms with van der Waals surface area (Å²) in [6, 6.07) is 21.4. The van der Waals surface area contributed by atoms with Crippen molar-refractivity contribution in [2.24, 2.45) is 5.10 Å². The van der Waals surface area contributed by atoms with E-state index in [1.807, 2.05) is 30.3 Å². The minimum atomic E-state index is -0.549. The van der Waals surface area contributed by atoms with Crippen LogP contribution < -0.4 is 11.0 Å². The molecule has 1 heterocycles. The van der Waals surface area contributed by atoms with Gasteiger partial charge < -0.3 is 0 Å². The van der Waals surface area contributed by atoms with Crippen molar-refractivity contribution in [3.63, 3.8) is 0 Å². The van der Waals surface area contributed by atoms with E-state index in [1.54, 1.807) is 42.5 Å². The van der Waals surface area contributed by atoms with Gasteiger partial charge in [0.05, 0.1) is 28.2 Å². The van der Waals surface area contributed by atoms with Crippen molar-refractivity contribution in [2.75, 3.05) is 0 Å². The molecule has 1 amide bonds. The van der Waals surface area contributed by atoms with Crippen LogP contribution in [0.1, 0.15) is 21.6 Å². The van der Waals surface area contributed by atoms with Crippen LogP contribution in [0.4, 0.5) is 0 Å². The molecule has 4 rings (SSSR count). The SMILES string of the molecule is O=C(N/N=C/c1cccc(Cl)c1Cl)c1nn(Cc2ccccc2)c(=O)c2ccccc12.